The first-order chi connectivity index (χ1) is 4.88. The van der Waals surface area contributed by atoms with Gasteiger partial charge in [0.2, 0.25) is 0 Å². The van der Waals surface area contributed by atoms with Crippen LogP contribution < -0.4 is 0 Å². The average Bonchev–Trinajstić information content (AvgIpc) is 2.43. The molecule has 0 aliphatic heterocycles. The molecule has 1 N–H and O–H groups in total. The summed E-state index contributed by atoms with van der Waals surface area (Å²) in [6.45, 7) is 3.62. The molecule has 0 aromatic carbocycles. The van der Waals surface area contributed by atoms with Crippen molar-refractivity contribution in [2.24, 2.45) is 0 Å². The van der Waals surface area contributed by atoms with E-state index in [1.54, 1.807) is 18.4 Å². The van der Waals surface area contributed by atoms with Crippen LogP contribution in [-0.2, 0) is 0 Å². The van der Waals surface area contributed by atoms with Gasteiger partial charge in [-0.3, -0.25) is 0 Å². The van der Waals surface area contributed by atoms with Crippen molar-refractivity contribution in [3.8, 4) is 0 Å². The van der Waals surface area contributed by atoms with Gasteiger partial charge in [-0.1, -0.05) is 6.08 Å². The first kappa shape index (κ1) is 7.09. The lowest BCUT2D eigenvalue weighted by molar-refractivity contribution is 0.269. The van der Waals surface area contributed by atoms with Crippen molar-refractivity contribution in [3.05, 3.63) is 36.8 Å². The van der Waals surface area contributed by atoms with Crippen LogP contribution in [0.3, 0.4) is 0 Å². The zero-order valence-corrected chi connectivity index (χ0v) is 5.66. The number of hydrogen-bond donors (Lipinski definition) is 1. The van der Waals surface area contributed by atoms with Gasteiger partial charge in [-0.2, -0.15) is 0 Å². The Labute approximate surface area is 59.8 Å². The minimum Gasteiger partial charge on any atom is -0.469 e. The molecule has 2 heteroatoms. The third kappa shape index (κ3) is 1.28. The van der Waals surface area contributed by atoms with Crippen LogP contribution in [0.1, 0.15) is 11.7 Å². The largest absolute Gasteiger partial charge is 0.469 e. The van der Waals surface area contributed by atoms with Crippen LogP contribution in [0.4, 0.5) is 0 Å². The molecule has 0 aliphatic carbocycles. The summed E-state index contributed by atoms with van der Waals surface area (Å²) in [5, 5.41) is 8.77. The molecular weight excluding hydrogens is 128 g/mol. The van der Waals surface area contributed by atoms with Crippen LogP contribution in [-0.4, -0.2) is 11.7 Å². The Morgan fingerprint density at radius 1 is 1.80 bits per heavy atom. The van der Waals surface area contributed by atoms with Gasteiger partial charge in [-0.25, -0.2) is 0 Å². The van der Waals surface area contributed by atoms with E-state index >= 15 is 0 Å². The molecule has 0 aliphatic rings. The number of aliphatic hydroxyl groups excluding tert-OH is 1. The lowest BCUT2D eigenvalue weighted by Gasteiger charge is -2.02. The molecule has 2 nitrogen and oxygen atoms in total. The predicted molar refractivity (Wildman–Crippen MR) is 38.7 cm³/mol. The van der Waals surface area contributed by atoms with Crippen LogP contribution in [0.15, 0.2) is 35.5 Å². The predicted octanol–water partition coefficient (Wildman–Crippen LogP) is 1.54. The van der Waals surface area contributed by atoms with Gasteiger partial charge in [0, 0.05) is 0 Å². The third-order valence-electron chi connectivity index (χ3n) is 1.39. The van der Waals surface area contributed by atoms with Gasteiger partial charge >= 0.3 is 0 Å². The Hall–Kier alpha value is -1.02. The molecule has 1 aromatic heterocycles. The first-order valence-corrected chi connectivity index (χ1v) is 3.15. The summed E-state index contributed by atoms with van der Waals surface area (Å²) in [6.07, 6.45) is 3.25. The van der Waals surface area contributed by atoms with Crippen molar-refractivity contribution in [1.29, 1.82) is 0 Å². The molecule has 54 valence electrons. The minimum atomic E-state index is -0.0602. The molecule has 10 heavy (non-hydrogen) atoms. The van der Waals surface area contributed by atoms with E-state index < -0.39 is 0 Å². The number of aliphatic hydroxyl groups is 1. The number of rotatable bonds is 3. The van der Waals surface area contributed by atoms with E-state index in [9.17, 15) is 0 Å². The van der Waals surface area contributed by atoms with Gasteiger partial charge in [0.15, 0.2) is 0 Å². The van der Waals surface area contributed by atoms with Gasteiger partial charge in [-0.15, -0.1) is 6.58 Å². The minimum absolute atomic E-state index is 0.0526. The zero-order valence-electron chi connectivity index (χ0n) is 5.66. The molecular formula is C8H10O2. The molecule has 1 rings (SSSR count). The second-order valence-electron chi connectivity index (χ2n) is 2.04. The highest BCUT2D eigenvalue weighted by molar-refractivity contribution is 5.10. The van der Waals surface area contributed by atoms with Crippen molar-refractivity contribution >= 4 is 0 Å². The molecule has 0 bridgehead atoms. The smallest absolute Gasteiger partial charge is 0.112 e. The van der Waals surface area contributed by atoms with Gasteiger partial charge in [0.05, 0.1) is 18.8 Å². The quantitative estimate of drug-likeness (QED) is 0.643. The molecule has 0 amide bonds. The number of hydrogen-bond acceptors (Lipinski definition) is 2. The standard InChI is InChI=1S/C8H10O2/c1-2-7(6-9)8-4-3-5-10-8/h2-5,7,9H,1,6H2. The molecule has 0 spiro atoms. The van der Waals surface area contributed by atoms with E-state index in [2.05, 4.69) is 6.58 Å². The first-order valence-electron chi connectivity index (χ1n) is 3.15. The summed E-state index contributed by atoms with van der Waals surface area (Å²) in [5.41, 5.74) is 0. The Kier molecular flexibility index (Phi) is 2.29. The van der Waals surface area contributed by atoms with Gasteiger partial charge < -0.3 is 9.52 Å². The van der Waals surface area contributed by atoms with E-state index in [4.69, 9.17) is 9.52 Å². The van der Waals surface area contributed by atoms with Crippen LogP contribution in [0.25, 0.3) is 0 Å². The average molecular weight is 138 g/mol. The Bertz CT molecular complexity index is 189. The van der Waals surface area contributed by atoms with Gasteiger partial charge in [-0.05, 0) is 12.1 Å². The van der Waals surface area contributed by atoms with Crippen LogP contribution in [0.5, 0.6) is 0 Å². The maximum Gasteiger partial charge on any atom is 0.112 e. The molecule has 1 atom stereocenters. The summed E-state index contributed by atoms with van der Waals surface area (Å²) in [5.74, 6) is 0.701. The fraction of sp³-hybridized carbons (Fsp3) is 0.250. The lowest BCUT2D eigenvalue weighted by atomic mass is 10.1. The molecule has 0 fully saturated rings. The van der Waals surface area contributed by atoms with Gasteiger partial charge in [0.25, 0.3) is 0 Å². The van der Waals surface area contributed by atoms with E-state index in [0.29, 0.717) is 0 Å². The second-order valence-corrected chi connectivity index (χ2v) is 2.04. The Morgan fingerprint density at radius 3 is 3.00 bits per heavy atom. The molecule has 1 heterocycles. The van der Waals surface area contributed by atoms with Crippen molar-refractivity contribution in [2.75, 3.05) is 6.61 Å². The molecule has 0 radical (unpaired) electrons. The summed E-state index contributed by atoms with van der Waals surface area (Å²) in [6, 6.07) is 3.62. The Morgan fingerprint density at radius 2 is 2.60 bits per heavy atom. The normalized spacial score (nSPS) is 12.9. The summed E-state index contributed by atoms with van der Waals surface area (Å²) in [4.78, 5) is 0. The van der Waals surface area contributed by atoms with Crippen molar-refractivity contribution < 1.29 is 9.52 Å². The second kappa shape index (κ2) is 3.22. The fourth-order valence-electron chi connectivity index (χ4n) is 0.783. The fourth-order valence-corrected chi connectivity index (χ4v) is 0.783. The van der Waals surface area contributed by atoms with E-state index in [0.717, 1.165) is 5.76 Å². The highest BCUT2D eigenvalue weighted by Gasteiger charge is 2.06. The monoisotopic (exact) mass is 138 g/mol. The van der Waals surface area contributed by atoms with E-state index in [1.807, 2.05) is 6.07 Å². The summed E-state index contributed by atoms with van der Waals surface area (Å²) < 4.78 is 5.05. The zero-order chi connectivity index (χ0) is 7.40. The SMILES string of the molecule is C=CC(CO)c1ccco1. The molecule has 1 aromatic rings. The maximum atomic E-state index is 8.77. The molecule has 0 saturated heterocycles. The lowest BCUT2D eigenvalue weighted by Crippen LogP contribution is -1.97. The van der Waals surface area contributed by atoms with Crippen LogP contribution >= 0.6 is 0 Å². The van der Waals surface area contributed by atoms with E-state index in [1.165, 1.54) is 0 Å². The van der Waals surface area contributed by atoms with Crippen molar-refractivity contribution in [3.63, 3.8) is 0 Å². The maximum absolute atomic E-state index is 8.77. The van der Waals surface area contributed by atoms with Crippen LogP contribution in [0, 0.1) is 0 Å². The van der Waals surface area contributed by atoms with Crippen molar-refractivity contribution in [2.45, 2.75) is 5.92 Å². The Balaban J connectivity index is 2.73. The number of furan rings is 1. The van der Waals surface area contributed by atoms with E-state index in [-0.39, 0.29) is 12.5 Å². The third-order valence-corrected chi connectivity index (χ3v) is 1.39. The van der Waals surface area contributed by atoms with Crippen molar-refractivity contribution in [1.82, 2.24) is 0 Å². The summed E-state index contributed by atoms with van der Waals surface area (Å²) in [7, 11) is 0. The molecule has 0 saturated carbocycles. The highest BCUT2D eigenvalue weighted by Crippen LogP contribution is 2.15. The topological polar surface area (TPSA) is 33.4 Å². The van der Waals surface area contributed by atoms with Gasteiger partial charge in [0.1, 0.15) is 5.76 Å². The molecule has 1 unspecified atom stereocenters. The summed E-state index contributed by atoms with van der Waals surface area (Å²) >= 11 is 0. The van der Waals surface area contributed by atoms with Crippen LogP contribution in [0.2, 0.25) is 0 Å². The highest BCUT2D eigenvalue weighted by atomic mass is 16.3.